The smallest absolute Gasteiger partial charge is 0.219 e. The lowest BCUT2D eigenvalue weighted by molar-refractivity contribution is -0.117. The number of carbonyl (C=O) groups is 1. The minimum atomic E-state index is -0.331. The molecule has 2 aromatic rings. The molecule has 0 bridgehead atoms. The molecule has 2 rings (SSSR count). The molecule has 0 radical (unpaired) electrons. The van der Waals surface area contributed by atoms with Gasteiger partial charge in [0.25, 0.3) is 0 Å². The van der Waals surface area contributed by atoms with Crippen LogP contribution in [0.15, 0.2) is 24.7 Å². The Morgan fingerprint density at radius 1 is 1.53 bits per heavy atom. The van der Waals surface area contributed by atoms with Crippen molar-refractivity contribution in [3.63, 3.8) is 0 Å². The van der Waals surface area contributed by atoms with E-state index in [-0.39, 0.29) is 12.3 Å². The first-order chi connectivity index (χ1) is 7.27. The molecular formula is C9H11N5O. The standard InChI is InChI=1S/C9H11N5O/c10-8(15)2-3-11-9-7-1-4-13-14(7)6-5-12-9/h1,4-6H,2-3H2,(H2,10,15)(H,11,12). The molecule has 0 aromatic carbocycles. The fourth-order valence-corrected chi connectivity index (χ4v) is 1.30. The SMILES string of the molecule is NC(=O)CCNc1nccn2nccc12. The Bertz CT molecular complexity index is 478. The van der Waals surface area contributed by atoms with Crippen LogP contribution >= 0.6 is 0 Å². The average molecular weight is 205 g/mol. The van der Waals surface area contributed by atoms with Crippen molar-refractivity contribution in [2.24, 2.45) is 5.73 Å². The fraction of sp³-hybridized carbons (Fsp3) is 0.222. The van der Waals surface area contributed by atoms with Gasteiger partial charge in [0, 0.05) is 25.4 Å². The molecule has 0 aliphatic rings. The molecule has 2 aromatic heterocycles. The van der Waals surface area contributed by atoms with E-state index < -0.39 is 0 Å². The third-order valence-electron chi connectivity index (χ3n) is 1.99. The summed E-state index contributed by atoms with van der Waals surface area (Å²) in [7, 11) is 0. The summed E-state index contributed by atoms with van der Waals surface area (Å²) in [4.78, 5) is 14.7. The highest BCUT2D eigenvalue weighted by atomic mass is 16.1. The number of hydrogen-bond acceptors (Lipinski definition) is 4. The molecule has 0 saturated carbocycles. The van der Waals surface area contributed by atoms with Crippen LogP contribution in [0.4, 0.5) is 5.82 Å². The first-order valence-corrected chi connectivity index (χ1v) is 4.58. The van der Waals surface area contributed by atoms with Crippen molar-refractivity contribution in [3.05, 3.63) is 24.7 Å². The molecular weight excluding hydrogens is 194 g/mol. The van der Waals surface area contributed by atoms with Crippen LogP contribution in [0.25, 0.3) is 5.52 Å². The third kappa shape index (κ3) is 2.04. The summed E-state index contributed by atoms with van der Waals surface area (Å²) >= 11 is 0. The Balaban J connectivity index is 2.13. The van der Waals surface area contributed by atoms with Gasteiger partial charge in [-0.1, -0.05) is 0 Å². The van der Waals surface area contributed by atoms with E-state index in [0.717, 1.165) is 5.52 Å². The molecule has 2 heterocycles. The van der Waals surface area contributed by atoms with Crippen molar-refractivity contribution in [1.29, 1.82) is 0 Å². The summed E-state index contributed by atoms with van der Waals surface area (Å²) in [6.45, 7) is 0.479. The van der Waals surface area contributed by atoms with Gasteiger partial charge in [0.1, 0.15) is 5.52 Å². The molecule has 0 aliphatic carbocycles. The molecule has 0 aliphatic heterocycles. The number of nitrogens with zero attached hydrogens (tertiary/aromatic N) is 3. The van der Waals surface area contributed by atoms with E-state index in [1.807, 2.05) is 6.07 Å². The summed E-state index contributed by atoms with van der Waals surface area (Å²) in [5.74, 6) is 0.374. The second-order valence-electron chi connectivity index (χ2n) is 3.08. The number of amides is 1. The molecule has 0 spiro atoms. The number of primary amides is 1. The Morgan fingerprint density at radius 3 is 3.20 bits per heavy atom. The monoisotopic (exact) mass is 205 g/mol. The van der Waals surface area contributed by atoms with Gasteiger partial charge in [-0.3, -0.25) is 4.79 Å². The Morgan fingerprint density at radius 2 is 2.40 bits per heavy atom. The van der Waals surface area contributed by atoms with Crippen molar-refractivity contribution in [1.82, 2.24) is 14.6 Å². The zero-order chi connectivity index (χ0) is 10.7. The highest BCUT2D eigenvalue weighted by Crippen LogP contribution is 2.11. The number of rotatable bonds is 4. The lowest BCUT2D eigenvalue weighted by atomic mass is 10.4. The second-order valence-corrected chi connectivity index (χ2v) is 3.08. The van der Waals surface area contributed by atoms with Gasteiger partial charge in [-0.15, -0.1) is 0 Å². The van der Waals surface area contributed by atoms with Gasteiger partial charge in [-0.05, 0) is 6.07 Å². The van der Waals surface area contributed by atoms with E-state index in [9.17, 15) is 4.79 Å². The van der Waals surface area contributed by atoms with E-state index in [1.165, 1.54) is 0 Å². The lowest BCUT2D eigenvalue weighted by Gasteiger charge is -2.04. The number of nitrogens with one attached hydrogen (secondary N) is 1. The minimum absolute atomic E-state index is 0.289. The summed E-state index contributed by atoms with van der Waals surface area (Å²) in [5, 5.41) is 7.10. The van der Waals surface area contributed by atoms with Crippen molar-refractivity contribution in [3.8, 4) is 0 Å². The zero-order valence-electron chi connectivity index (χ0n) is 8.05. The maximum Gasteiger partial charge on any atom is 0.219 e. The maximum atomic E-state index is 10.5. The molecule has 15 heavy (non-hydrogen) atoms. The summed E-state index contributed by atoms with van der Waals surface area (Å²) in [5.41, 5.74) is 5.91. The van der Waals surface area contributed by atoms with E-state index in [2.05, 4.69) is 15.4 Å². The predicted molar refractivity (Wildman–Crippen MR) is 55.3 cm³/mol. The molecule has 0 atom stereocenters. The first-order valence-electron chi connectivity index (χ1n) is 4.58. The van der Waals surface area contributed by atoms with Gasteiger partial charge in [-0.2, -0.15) is 5.10 Å². The molecule has 1 amide bonds. The molecule has 78 valence electrons. The Labute approximate surface area is 86.1 Å². The fourth-order valence-electron chi connectivity index (χ4n) is 1.30. The van der Waals surface area contributed by atoms with Gasteiger partial charge in [0.2, 0.25) is 5.91 Å². The van der Waals surface area contributed by atoms with Gasteiger partial charge in [-0.25, -0.2) is 9.50 Å². The maximum absolute atomic E-state index is 10.5. The van der Waals surface area contributed by atoms with Crippen molar-refractivity contribution >= 4 is 17.2 Å². The van der Waals surface area contributed by atoms with Crippen LogP contribution in [-0.2, 0) is 4.79 Å². The normalized spacial score (nSPS) is 10.4. The molecule has 0 unspecified atom stereocenters. The average Bonchev–Trinajstić information content (AvgIpc) is 2.65. The van der Waals surface area contributed by atoms with Crippen molar-refractivity contribution in [2.75, 3.05) is 11.9 Å². The molecule has 0 saturated heterocycles. The predicted octanol–water partition coefficient (Wildman–Crippen LogP) is 0.0166. The van der Waals surface area contributed by atoms with Crippen LogP contribution in [0.3, 0.4) is 0 Å². The molecule has 3 N–H and O–H groups in total. The largest absolute Gasteiger partial charge is 0.370 e. The van der Waals surface area contributed by atoms with Crippen molar-refractivity contribution in [2.45, 2.75) is 6.42 Å². The minimum Gasteiger partial charge on any atom is -0.370 e. The summed E-state index contributed by atoms with van der Waals surface area (Å²) < 4.78 is 1.71. The number of aromatic nitrogens is 3. The Hall–Kier alpha value is -2.11. The summed E-state index contributed by atoms with van der Waals surface area (Å²) in [6.07, 6.45) is 5.38. The second kappa shape index (κ2) is 3.95. The van der Waals surface area contributed by atoms with Gasteiger partial charge >= 0.3 is 0 Å². The quantitative estimate of drug-likeness (QED) is 0.736. The molecule has 6 heteroatoms. The summed E-state index contributed by atoms with van der Waals surface area (Å²) in [6, 6.07) is 1.85. The Kier molecular flexibility index (Phi) is 2.49. The third-order valence-corrected chi connectivity index (χ3v) is 1.99. The van der Waals surface area contributed by atoms with Gasteiger partial charge in [0.05, 0.1) is 6.20 Å². The van der Waals surface area contributed by atoms with E-state index in [1.54, 1.807) is 23.1 Å². The van der Waals surface area contributed by atoms with E-state index >= 15 is 0 Å². The van der Waals surface area contributed by atoms with E-state index in [0.29, 0.717) is 12.4 Å². The number of hydrogen-bond donors (Lipinski definition) is 2. The van der Waals surface area contributed by atoms with Crippen LogP contribution in [0.5, 0.6) is 0 Å². The van der Waals surface area contributed by atoms with Gasteiger partial charge in [0.15, 0.2) is 5.82 Å². The number of carbonyl (C=O) groups excluding carboxylic acids is 1. The molecule has 0 fully saturated rings. The highest BCUT2D eigenvalue weighted by molar-refractivity contribution is 5.74. The molecule has 6 nitrogen and oxygen atoms in total. The van der Waals surface area contributed by atoms with Crippen LogP contribution < -0.4 is 11.1 Å². The van der Waals surface area contributed by atoms with Crippen LogP contribution in [0.2, 0.25) is 0 Å². The van der Waals surface area contributed by atoms with Gasteiger partial charge < -0.3 is 11.1 Å². The van der Waals surface area contributed by atoms with E-state index in [4.69, 9.17) is 5.73 Å². The van der Waals surface area contributed by atoms with Crippen molar-refractivity contribution < 1.29 is 4.79 Å². The lowest BCUT2D eigenvalue weighted by Crippen LogP contribution is -2.16. The number of anilines is 1. The van der Waals surface area contributed by atoms with Crippen LogP contribution in [-0.4, -0.2) is 27.0 Å². The highest BCUT2D eigenvalue weighted by Gasteiger charge is 2.02. The number of nitrogens with two attached hydrogens (primary N) is 1. The topological polar surface area (TPSA) is 85.3 Å². The zero-order valence-corrected chi connectivity index (χ0v) is 8.05. The van der Waals surface area contributed by atoms with Crippen LogP contribution in [0.1, 0.15) is 6.42 Å². The van der Waals surface area contributed by atoms with Crippen LogP contribution in [0, 0.1) is 0 Å². The first kappa shape index (κ1) is 9.45. The number of fused-ring (bicyclic) bond motifs is 1.